The van der Waals surface area contributed by atoms with Gasteiger partial charge in [0, 0.05) is 48.9 Å². The first kappa shape index (κ1) is 46.1. The van der Waals surface area contributed by atoms with Gasteiger partial charge in [-0.1, -0.05) is 142 Å². The predicted molar refractivity (Wildman–Crippen MR) is 180 cm³/mol. The average Bonchev–Trinajstić information content (AvgIpc) is 2.99. The molecule has 0 aliphatic heterocycles. The Hall–Kier alpha value is 0.0100. The van der Waals surface area contributed by atoms with Crippen molar-refractivity contribution in [3.8, 4) is 0 Å². The standard InChI is InChI=1S/C33H66NO8P.Na/c1-3-5-7-9-11-13-15-17-19-21-23-25-32(35)39-29-31(30-41-43(37,38)40-28-27-34)42-33(36)26-24-22-20-18-16-14-12-10-8-6-4-2;/h31H,3-30,34H2,1-2H3,(H,37,38);/t31-;/m1./s1. The summed E-state index contributed by atoms with van der Waals surface area (Å²) < 4.78 is 32.5. The molecule has 0 amide bonds. The molecule has 0 aliphatic rings. The third kappa shape index (κ3) is 33.4. The number of nitrogens with two attached hydrogens (primary N) is 1. The van der Waals surface area contributed by atoms with E-state index in [1.807, 2.05) is 0 Å². The van der Waals surface area contributed by atoms with E-state index in [1.54, 1.807) is 0 Å². The number of carbonyl (C=O) groups is 2. The molecule has 3 N–H and O–H groups in total. The summed E-state index contributed by atoms with van der Waals surface area (Å²) >= 11 is 0. The van der Waals surface area contributed by atoms with Gasteiger partial charge in [0.2, 0.25) is 0 Å². The van der Waals surface area contributed by atoms with Crippen LogP contribution in [0.5, 0.6) is 0 Å². The van der Waals surface area contributed by atoms with Crippen LogP contribution in [-0.4, -0.2) is 78.9 Å². The number of rotatable bonds is 33. The molecule has 0 rings (SSSR count). The number of esters is 2. The first-order valence-electron chi connectivity index (χ1n) is 17.5. The summed E-state index contributed by atoms with van der Waals surface area (Å²) in [6.45, 7) is 3.71. The van der Waals surface area contributed by atoms with Gasteiger partial charge < -0.3 is 20.1 Å². The van der Waals surface area contributed by atoms with Crippen molar-refractivity contribution in [1.82, 2.24) is 0 Å². The fourth-order valence-electron chi connectivity index (χ4n) is 4.87. The van der Waals surface area contributed by atoms with Crippen molar-refractivity contribution < 1.29 is 37.6 Å². The third-order valence-corrected chi connectivity index (χ3v) is 8.48. The van der Waals surface area contributed by atoms with Crippen molar-refractivity contribution in [3.63, 3.8) is 0 Å². The van der Waals surface area contributed by atoms with Gasteiger partial charge in [-0.25, -0.2) is 4.57 Å². The van der Waals surface area contributed by atoms with Crippen LogP contribution in [0.2, 0.25) is 0 Å². The second-order valence-corrected chi connectivity index (χ2v) is 13.2. The van der Waals surface area contributed by atoms with Crippen molar-refractivity contribution in [2.45, 2.75) is 174 Å². The molecule has 257 valence electrons. The molecular formula is C33H66NNaO8P. The summed E-state index contributed by atoms with van der Waals surface area (Å²) in [4.78, 5) is 34.5. The van der Waals surface area contributed by atoms with Crippen molar-refractivity contribution in [2.75, 3.05) is 26.4 Å². The van der Waals surface area contributed by atoms with Crippen molar-refractivity contribution in [1.29, 1.82) is 0 Å². The van der Waals surface area contributed by atoms with Crippen LogP contribution in [0.15, 0.2) is 0 Å². The maximum atomic E-state index is 12.4. The zero-order chi connectivity index (χ0) is 31.9. The van der Waals surface area contributed by atoms with Gasteiger partial charge in [0.05, 0.1) is 13.2 Å². The van der Waals surface area contributed by atoms with Crippen LogP contribution in [0.25, 0.3) is 0 Å². The Morgan fingerprint density at radius 1 is 0.614 bits per heavy atom. The van der Waals surface area contributed by atoms with Gasteiger partial charge in [-0.05, 0) is 12.8 Å². The summed E-state index contributed by atoms with van der Waals surface area (Å²) in [6.07, 6.45) is 25.6. The maximum Gasteiger partial charge on any atom is 0.472 e. The van der Waals surface area contributed by atoms with Crippen LogP contribution in [0.1, 0.15) is 168 Å². The van der Waals surface area contributed by atoms with Gasteiger partial charge in [0.25, 0.3) is 0 Å². The average molecular weight is 659 g/mol. The minimum Gasteiger partial charge on any atom is -0.462 e. The molecule has 0 saturated carbocycles. The molecule has 2 atom stereocenters. The molecule has 1 unspecified atom stereocenters. The van der Waals surface area contributed by atoms with Gasteiger partial charge in [-0.15, -0.1) is 0 Å². The monoisotopic (exact) mass is 658 g/mol. The number of unbranched alkanes of at least 4 members (excludes halogenated alkanes) is 20. The Morgan fingerprint density at radius 2 is 1.00 bits per heavy atom. The molecule has 0 bridgehead atoms. The van der Waals surface area contributed by atoms with E-state index in [-0.39, 0.29) is 68.1 Å². The molecule has 0 aromatic heterocycles. The van der Waals surface area contributed by atoms with Crippen molar-refractivity contribution in [2.24, 2.45) is 5.73 Å². The minimum absolute atomic E-state index is 0. The quantitative estimate of drug-likeness (QED) is 0.0308. The van der Waals surface area contributed by atoms with E-state index in [0.717, 1.165) is 32.1 Å². The van der Waals surface area contributed by atoms with E-state index in [4.69, 9.17) is 24.3 Å². The van der Waals surface area contributed by atoms with Crippen LogP contribution in [-0.2, 0) is 32.7 Å². The molecule has 0 saturated heterocycles. The van der Waals surface area contributed by atoms with Gasteiger partial charge in [0.1, 0.15) is 6.61 Å². The SMILES string of the molecule is CCCCCCCCCCCCCC(=O)OC[C@H](COP(=O)(O)OCCN)OC(=O)CCCCCCCCCCCCC.[Na]. The third-order valence-electron chi connectivity index (χ3n) is 7.49. The Morgan fingerprint density at radius 3 is 1.41 bits per heavy atom. The van der Waals surface area contributed by atoms with Gasteiger partial charge in [-0.3, -0.25) is 18.6 Å². The van der Waals surface area contributed by atoms with E-state index in [1.165, 1.54) is 103 Å². The van der Waals surface area contributed by atoms with Crippen LogP contribution >= 0.6 is 7.82 Å². The Balaban J connectivity index is 0. The van der Waals surface area contributed by atoms with Gasteiger partial charge in [-0.2, -0.15) is 0 Å². The largest absolute Gasteiger partial charge is 0.472 e. The minimum atomic E-state index is -4.35. The molecule has 1 radical (unpaired) electrons. The number of hydrogen-bond acceptors (Lipinski definition) is 8. The predicted octanol–water partition coefficient (Wildman–Crippen LogP) is 8.56. The molecule has 0 fully saturated rings. The Labute approximate surface area is 291 Å². The smallest absolute Gasteiger partial charge is 0.462 e. The van der Waals surface area contributed by atoms with Gasteiger partial charge >= 0.3 is 19.8 Å². The molecule has 0 heterocycles. The van der Waals surface area contributed by atoms with Crippen molar-refractivity contribution >= 4 is 49.3 Å². The fourth-order valence-corrected chi connectivity index (χ4v) is 5.63. The van der Waals surface area contributed by atoms with E-state index in [9.17, 15) is 19.0 Å². The van der Waals surface area contributed by atoms with Crippen LogP contribution < -0.4 is 5.73 Å². The summed E-state index contributed by atoms with van der Waals surface area (Å²) in [5.74, 6) is -0.824. The second kappa shape index (κ2) is 34.3. The topological polar surface area (TPSA) is 134 Å². The Bertz CT molecular complexity index is 701. The summed E-state index contributed by atoms with van der Waals surface area (Å²) in [6, 6.07) is 0. The number of carbonyl (C=O) groups excluding carboxylic acids is 2. The summed E-state index contributed by atoms with van der Waals surface area (Å²) in [5, 5.41) is 0. The maximum absolute atomic E-state index is 12.4. The normalized spacial score (nSPS) is 13.2. The molecule has 0 aromatic carbocycles. The van der Waals surface area contributed by atoms with Gasteiger partial charge in [0.15, 0.2) is 6.10 Å². The molecule has 0 spiro atoms. The van der Waals surface area contributed by atoms with Crippen LogP contribution in [0.3, 0.4) is 0 Å². The van der Waals surface area contributed by atoms with Crippen LogP contribution in [0.4, 0.5) is 0 Å². The van der Waals surface area contributed by atoms with E-state index in [2.05, 4.69) is 13.8 Å². The zero-order valence-corrected chi connectivity index (χ0v) is 31.6. The molecule has 44 heavy (non-hydrogen) atoms. The first-order chi connectivity index (χ1) is 20.8. The van der Waals surface area contributed by atoms with E-state index >= 15 is 0 Å². The molecular weight excluding hydrogens is 592 g/mol. The number of hydrogen-bond donors (Lipinski definition) is 2. The van der Waals surface area contributed by atoms with E-state index in [0.29, 0.717) is 6.42 Å². The second-order valence-electron chi connectivity index (χ2n) is 11.8. The first-order valence-corrected chi connectivity index (χ1v) is 19.0. The molecule has 0 aromatic rings. The van der Waals surface area contributed by atoms with E-state index < -0.39 is 26.5 Å². The number of phosphoric ester groups is 1. The molecule has 9 nitrogen and oxygen atoms in total. The zero-order valence-electron chi connectivity index (χ0n) is 28.7. The number of ether oxygens (including phenoxy) is 2. The molecule has 11 heteroatoms. The summed E-state index contributed by atoms with van der Waals surface area (Å²) in [7, 11) is -4.35. The number of phosphoric acid groups is 1. The van der Waals surface area contributed by atoms with Crippen LogP contribution in [0, 0.1) is 0 Å². The molecule has 0 aliphatic carbocycles. The summed E-state index contributed by atoms with van der Waals surface area (Å²) in [5.41, 5.74) is 5.31. The van der Waals surface area contributed by atoms with Crippen molar-refractivity contribution in [3.05, 3.63) is 0 Å². The fraction of sp³-hybridized carbons (Fsp3) is 0.939. The Kier molecular flexibility index (Phi) is 36.0.